The van der Waals surface area contributed by atoms with Gasteiger partial charge in [-0.3, -0.25) is 0 Å². The number of H-pyrrole nitrogens is 1. The predicted molar refractivity (Wildman–Crippen MR) is 70.1 cm³/mol. The molecule has 0 saturated heterocycles. The first-order valence-corrected chi connectivity index (χ1v) is 5.82. The van der Waals surface area contributed by atoms with Crippen molar-refractivity contribution in [3.63, 3.8) is 0 Å². The summed E-state index contributed by atoms with van der Waals surface area (Å²) < 4.78 is 0. The summed E-state index contributed by atoms with van der Waals surface area (Å²) in [6.45, 7) is 7.00. The van der Waals surface area contributed by atoms with Gasteiger partial charge in [0.15, 0.2) is 0 Å². The van der Waals surface area contributed by atoms with Gasteiger partial charge < -0.3 is 10.7 Å². The van der Waals surface area contributed by atoms with Crippen LogP contribution < -0.4 is 5.73 Å². The first kappa shape index (κ1) is 11.5. The molecule has 0 amide bonds. The van der Waals surface area contributed by atoms with Crippen molar-refractivity contribution in [3.8, 4) is 0 Å². The van der Waals surface area contributed by atoms with E-state index in [4.69, 9.17) is 17.3 Å². The lowest BCUT2D eigenvalue weighted by atomic mass is 9.83. The second-order valence-electron chi connectivity index (χ2n) is 4.88. The average Bonchev–Trinajstić information content (AvgIpc) is 2.57. The zero-order chi connectivity index (χ0) is 11.9. The molecule has 0 bridgehead atoms. The fourth-order valence-electron chi connectivity index (χ4n) is 2.29. The Kier molecular flexibility index (Phi) is 2.72. The van der Waals surface area contributed by atoms with Gasteiger partial charge in [-0.2, -0.15) is 0 Å². The first-order chi connectivity index (χ1) is 7.47. The third-order valence-corrected chi connectivity index (χ3v) is 3.47. The molecular formula is C13H17ClN2. The van der Waals surface area contributed by atoms with Crippen molar-refractivity contribution in [1.29, 1.82) is 0 Å². The van der Waals surface area contributed by atoms with Gasteiger partial charge in [-0.1, -0.05) is 37.6 Å². The van der Waals surface area contributed by atoms with Crippen LogP contribution in [0.2, 0.25) is 5.02 Å². The quantitative estimate of drug-likeness (QED) is 0.825. The van der Waals surface area contributed by atoms with Crippen LogP contribution in [0.4, 0.5) is 0 Å². The molecule has 0 aliphatic heterocycles. The molecule has 0 aliphatic rings. The molecule has 0 unspecified atom stereocenters. The van der Waals surface area contributed by atoms with E-state index in [1.165, 1.54) is 10.9 Å². The van der Waals surface area contributed by atoms with E-state index in [1.807, 2.05) is 12.1 Å². The smallest absolute Gasteiger partial charge is 0.0648 e. The van der Waals surface area contributed by atoms with Crippen LogP contribution in [0.25, 0.3) is 10.9 Å². The highest BCUT2D eigenvalue weighted by Gasteiger charge is 2.25. The molecule has 0 aliphatic carbocycles. The Morgan fingerprint density at radius 3 is 2.69 bits per heavy atom. The van der Waals surface area contributed by atoms with Gasteiger partial charge in [0, 0.05) is 23.0 Å². The summed E-state index contributed by atoms with van der Waals surface area (Å²) in [4.78, 5) is 3.35. The summed E-state index contributed by atoms with van der Waals surface area (Å²) in [7, 11) is 0. The highest BCUT2D eigenvalue weighted by Crippen LogP contribution is 2.35. The molecule has 3 N–H and O–H groups in total. The number of nitrogens with two attached hydrogens (primary N) is 1. The maximum atomic E-state index is 6.17. The van der Waals surface area contributed by atoms with E-state index in [-0.39, 0.29) is 5.41 Å². The average molecular weight is 237 g/mol. The Bertz CT molecular complexity index is 526. The van der Waals surface area contributed by atoms with Crippen LogP contribution in [-0.4, -0.2) is 11.5 Å². The molecule has 1 heterocycles. The fourth-order valence-corrected chi connectivity index (χ4v) is 2.51. The predicted octanol–water partition coefficient (Wildman–Crippen LogP) is 3.37. The molecule has 0 atom stereocenters. The van der Waals surface area contributed by atoms with E-state index in [0.29, 0.717) is 6.54 Å². The minimum atomic E-state index is -0.0347. The molecular weight excluding hydrogens is 220 g/mol. The zero-order valence-corrected chi connectivity index (χ0v) is 10.7. The van der Waals surface area contributed by atoms with E-state index >= 15 is 0 Å². The summed E-state index contributed by atoms with van der Waals surface area (Å²) >= 11 is 6.17. The fraction of sp³-hybridized carbons (Fsp3) is 0.385. The Balaban J connectivity index is 2.80. The van der Waals surface area contributed by atoms with Crippen molar-refractivity contribution in [1.82, 2.24) is 4.98 Å². The van der Waals surface area contributed by atoms with Crippen molar-refractivity contribution in [2.45, 2.75) is 26.2 Å². The molecule has 0 saturated carbocycles. The summed E-state index contributed by atoms with van der Waals surface area (Å²) in [5, 5.41) is 1.94. The molecule has 0 fully saturated rings. The second-order valence-corrected chi connectivity index (χ2v) is 5.28. The van der Waals surface area contributed by atoms with Gasteiger partial charge in [0.2, 0.25) is 0 Å². The molecule has 2 nitrogen and oxygen atoms in total. The van der Waals surface area contributed by atoms with Gasteiger partial charge in [-0.25, -0.2) is 0 Å². The van der Waals surface area contributed by atoms with Crippen molar-refractivity contribution in [2.24, 2.45) is 5.73 Å². The number of rotatable bonds is 2. The van der Waals surface area contributed by atoms with Gasteiger partial charge in [-0.15, -0.1) is 0 Å². The van der Waals surface area contributed by atoms with Gasteiger partial charge in [-0.05, 0) is 18.6 Å². The highest BCUT2D eigenvalue weighted by atomic mass is 35.5. The van der Waals surface area contributed by atoms with Gasteiger partial charge in [0.1, 0.15) is 0 Å². The van der Waals surface area contributed by atoms with Crippen molar-refractivity contribution >= 4 is 22.5 Å². The van der Waals surface area contributed by atoms with Crippen LogP contribution in [0.5, 0.6) is 0 Å². The summed E-state index contributed by atoms with van der Waals surface area (Å²) in [6, 6.07) is 5.98. The Morgan fingerprint density at radius 1 is 1.38 bits per heavy atom. The molecule has 3 heteroatoms. The Labute approximate surface area is 101 Å². The van der Waals surface area contributed by atoms with Crippen LogP contribution in [0.1, 0.15) is 25.1 Å². The second kappa shape index (κ2) is 3.79. The standard InChI is InChI=1S/C13H17ClN2/c1-8-11(13(2,3)7-15)9-5-4-6-10(14)12(9)16-8/h4-6,16H,7,15H2,1-3H3. The molecule has 2 aromatic rings. The normalized spacial score (nSPS) is 12.3. The van der Waals surface area contributed by atoms with E-state index in [2.05, 4.69) is 31.8 Å². The van der Waals surface area contributed by atoms with E-state index in [9.17, 15) is 0 Å². The largest absolute Gasteiger partial charge is 0.357 e. The van der Waals surface area contributed by atoms with Crippen molar-refractivity contribution in [2.75, 3.05) is 6.54 Å². The minimum Gasteiger partial charge on any atom is -0.357 e. The Morgan fingerprint density at radius 2 is 2.06 bits per heavy atom. The molecule has 1 aromatic heterocycles. The van der Waals surface area contributed by atoms with Crippen LogP contribution in [0.3, 0.4) is 0 Å². The van der Waals surface area contributed by atoms with Gasteiger partial charge >= 0.3 is 0 Å². The molecule has 16 heavy (non-hydrogen) atoms. The highest BCUT2D eigenvalue weighted by molar-refractivity contribution is 6.35. The number of fused-ring (bicyclic) bond motifs is 1. The lowest BCUT2D eigenvalue weighted by molar-refractivity contribution is 0.540. The number of benzene rings is 1. The third kappa shape index (κ3) is 1.62. The Hall–Kier alpha value is -0.990. The van der Waals surface area contributed by atoms with Crippen molar-refractivity contribution in [3.05, 3.63) is 34.5 Å². The number of aromatic amines is 1. The van der Waals surface area contributed by atoms with Crippen LogP contribution in [0.15, 0.2) is 18.2 Å². The maximum absolute atomic E-state index is 6.17. The number of aromatic nitrogens is 1. The molecule has 2 rings (SSSR count). The lowest BCUT2D eigenvalue weighted by Gasteiger charge is -2.23. The zero-order valence-electron chi connectivity index (χ0n) is 9.89. The minimum absolute atomic E-state index is 0.0347. The number of aryl methyl sites for hydroxylation is 1. The molecule has 0 spiro atoms. The summed E-state index contributed by atoms with van der Waals surface area (Å²) in [5.74, 6) is 0. The number of hydrogen-bond acceptors (Lipinski definition) is 1. The van der Waals surface area contributed by atoms with Gasteiger partial charge in [0.05, 0.1) is 10.5 Å². The van der Waals surface area contributed by atoms with E-state index < -0.39 is 0 Å². The topological polar surface area (TPSA) is 41.8 Å². The van der Waals surface area contributed by atoms with Gasteiger partial charge in [0.25, 0.3) is 0 Å². The first-order valence-electron chi connectivity index (χ1n) is 5.44. The van der Waals surface area contributed by atoms with Crippen LogP contribution >= 0.6 is 11.6 Å². The maximum Gasteiger partial charge on any atom is 0.0648 e. The SMILES string of the molecule is Cc1[nH]c2c(Cl)cccc2c1C(C)(C)CN. The summed E-state index contributed by atoms with van der Waals surface area (Å²) in [5.41, 5.74) is 9.25. The van der Waals surface area contributed by atoms with E-state index in [0.717, 1.165) is 16.2 Å². The number of para-hydroxylation sites is 1. The monoisotopic (exact) mass is 236 g/mol. The molecule has 1 aromatic carbocycles. The summed E-state index contributed by atoms with van der Waals surface area (Å²) in [6.07, 6.45) is 0. The lowest BCUT2D eigenvalue weighted by Crippen LogP contribution is -2.28. The molecule has 86 valence electrons. The van der Waals surface area contributed by atoms with Crippen LogP contribution in [-0.2, 0) is 5.41 Å². The van der Waals surface area contributed by atoms with E-state index in [1.54, 1.807) is 0 Å². The number of nitrogens with one attached hydrogen (secondary N) is 1. The number of hydrogen-bond donors (Lipinski definition) is 2. The molecule has 0 radical (unpaired) electrons. The van der Waals surface area contributed by atoms with Crippen molar-refractivity contribution < 1.29 is 0 Å². The van der Waals surface area contributed by atoms with Crippen LogP contribution in [0, 0.1) is 6.92 Å². The third-order valence-electron chi connectivity index (χ3n) is 3.16. The number of halogens is 1.